The highest BCUT2D eigenvalue weighted by molar-refractivity contribution is 6.31. The van der Waals surface area contributed by atoms with Gasteiger partial charge in [0.1, 0.15) is 17.4 Å². The minimum atomic E-state index is -0.433. The summed E-state index contributed by atoms with van der Waals surface area (Å²) in [6.45, 7) is 3.89. The summed E-state index contributed by atoms with van der Waals surface area (Å²) in [5.41, 5.74) is 6.87. The Morgan fingerprint density at radius 3 is 2.42 bits per heavy atom. The van der Waals surface area contributed by atoms with Crippen LogP contribution in [0.2, 0.25) is 0 Å². The van der Waals surface area contributed by atoms with E-state index in [4.69, 9.17) is 10.00 Å². The third kappa shape index (κ3) is 3.79. The first-order valence-corrected chi connectivity index (χ1v) is 9.71. The van der Waals surface area contributed by atoms with E-state index in [0.29, 0.717) is 11.4 Å². The van der Waals surface area contributed by atoms with Crippen molar-refractivity contribution in [2.24, 2.45) is 0 Å². The molecule has 1 fully saturated rings. The average molecular weight is 412 g/mol. The Balaban J connectivity index is 1.64. The van der Waals surface area contributed by atoms with Gasteiger partial charge in [-0.1, -0.05) is 18.2 Å². The van der Waals surface area contributed by atoms with Crippen LogP contribution in [0, 0.1) is 25.2 Å². The Kier molecular flexibility index (Phi) is 5.29. The van der Waals surface area contributed by atoms with Crippen molar-refractivity contribution in [1.29, 1.82) is 5.26 Å². The topological polar surface area (TPSA) is 87.4 Å². The van der Waals surface area contributed by atoms with Gasteiger partial charge in [-0.15, -0.1) is 0 Å². The number of hydrogen-bond acceptors (Lipinski definition) is 4. The Morgan fingerprint density at radius 1 is 1.03 bits per heavy atom. The van der Waals surface area contributed by atoms with Gasteiger partial charge in [-0.25, -0.2) is 5.01 Å². The number of anilines is 1. The minimum absolute atomic E-state index is 0.00522. The van der Waals surface area contributed by atoms with Gasteiger partial charge in [0.2, 0.25) is 0 Å². The number of para-hydroxylation sites is 1. The lowest BCUT2D eigenvalue weighted by atomic mass is 10.1. The van der Waals surface area contributed by atoms with Crippen LogP contribution < -0.4 is 15.2 Å². The van der Waals surface area contributed by atoms with E-state index in [0.717, 1.165) is 22.6 Å². The zero-order chi connectivity index (χ0) is 22.0. The molecule has 0 atom stereocenters. The lowest BCUT2D eigenvalue weighted by Gasteiger charge is -2.13. The van der Waals surface area contributed by atoms with Crippen LogP contribution in [0.5, 0.6) is 5.75 Å². The number of amides is 2. The second kappa shape index (κ2) is 8.20. The molecule has 3 aromatic rings. The number of rotatable bonds is 5. The maximum Gasteiger partial charge on any atom is 0.282 e. The van der Waals surface area contributed by atoms with Gasteiger partial charge < -0.3 is 9.30 Å². The van der Waals surface area contributed by atoms with Gasteiger partial charge in [0.15, 0.2) is 6.61 Å². The Labute approximate surface area is 179 Å². The van der Waals surface area contributed by atoms with Crippen LogP contribution in [-0.4, -0.2) is 23.0 Å². The quantitative estimate of drug-likeness (QED) is 0.514. The zero-order valence-electron chi connectivity index (χ0n) is 17.1. The fourth-order valence-electron chi connectivity index (χ4n) is 3.61. The predicted octanol–water partition coefficient (Wildman–Crippen LogP) is 3.46. The lowest BCUT2D eigenvalue weighted by Crippen LogP contribution is -2.35. The lowest BCUT2D eigenvalue weighted by molar-refractivity contribution is -0.117. The first-order chi connectivity index (χ1) is 15.0. The Bertz CT molecular complexity index is 1220. The van der Waals surface area contributed by atoms with E-state index >= 15 is 0 Å². The van der Waals surface area contributed by atoms with Gasteiger partial charge in [-0.3, -0.25) is 15.0 Å². The summed E-state index contributed by atoms with van der Waals surface area (Å²) < 4.78 is 7.34. The van der Waals surface area contributed by atoms with Crippen molar-refractivity contribution in [3.8, 4) is 17.5 Å². The molecule has 0 radical (unpaired) electrons. The number of nitrogens with one attached hydrogen (secondary N) is 1. The fraction of sp³-hybridized carbons (Fsp3) is 0.125. The summed E-state index contributed by atoms with van der Waals surface area (Å²) in [5.74, 6) is -0.207. The molecule has 154 valence electrons. The van der Waals surface area contributed by atoms with Crippen LogP contribution in [0.15, 0.2) is 66.2 Å². The molecule has 0 spiro atoms. The molecule has 0 saturated carbocycles. The van der Waals surface area contributed by atoms with Gasteiger partial charge in [0, 0.05) is 17.1 Å². The number of nitriles is 1. The largest absolute Gasteiger partial charge is 0.479 e. The van der Waals surface area contributed by atoms with E-state index < -0.39 is 5.91 Å². The number of benzene rings is 2. The number of hydrogen-bond donors (Lipinski definition) is 1. The van der Waals surface area contributed by atoms with Gasteiger partial charge in [-0.05, 0) is 68.0 Å². The molecule has 1 aliphatic heterocycles. The number of aromatic nitrogens is 1. The molecule has 1 aliphatic rings. The molecule has 1 aromatic heterocycles. The second-order valence-electron chi connectivity index (χ2n) is 7.08. The van der Waals surface area contributed by atoms with Crippen LogP contribution in [-0.2, 0) is 9.59 Å². The number of hydrazine groups is 1. The monoisotopic (exact) mass is 412 g/mol. The smallest absolute Gasteiger partial charge is 0.282 e. The van der Waals surface area contributed by atoms with Gasteiger partial charge in [-0.2, -0.15) is 5.26 Å². The van der Waals surface area contributed by atoms with E-state index in [1.807, 2.05) is 48.7 Å². The molecule has 0 unspecified atom stereocenters. The van der Waals surface area contributed by atoms with E-state index in [9.17, 15) is 9.59 Å². The highest BCUT2D eigenvalue weighted by Gasteiger charge is 2.34. The van der Waals surface area contributed by atoms with E-state index in [1.165, 1.54) is 5.01 Å². The summed E-state index contributed by atoms with van der Waals surface area (Å²) in [6.07, 6.45) is 1.63. The van der Waals surface area contributed by atoms with Gasteiger partial charge in [0.05, 0.1) is 5.69 Å². The van der Waals surface area contributed by atoms with Crippen LogP contribution in [0.25, 0.3) is 11.8 Å². The van der Waals surface area contributed by atoms with E-state index in [2.05, 4.69) is 5.43 Å². The number of nitrogens with zero attached hydrogens (tertiary/aromatic N) is 3. The van der Waals surface area contributed by atoms with Gasteiger partial charge in [0.25, 0.3) is 11.8 Å². The molecule has 4 rings (SSSR count). The fourth-order valence-corrected chi connectivity index (χ4v) is 3.61. The molecule has 7 heteroatoms. The van der Waals surface area contributed by atoms with Crippen LogP contribution in [0.4, 0.5) is 5.69 Å². The number of carbonyl (C=O) groups excluding carboxylic acids is 2. The van der Waals surface area contributed by atoms with Crippen LogP contribution in [0.1, 0.15) is 17.0 Å². The van der Waals surface area contributed by atoms with Crippen LogP contribution >= 0.6 is 0 Å². The molecule has 31 heavy (non-hydrogen) atoms. The molecule has 2 aromatic carbocycles. The van der Waals surface area contributed by atoms with Crippen molar-refractivity contribution in [3.05, 3.63) is 83.2 Å². The average Bonchev–Trinajstić information content (AvgIpc) is 3.23. The summed E-state index contributed by atoms with van der Waals surface area (Å²) in [4.78, 5) is 25.3. The maximum atomic E-state index is 12.8. The molecule has 2 amide bonds. The number of ether oxygens (including phenoxy) is 1. The van der Waals surface area contributed by atoms with Crippen molar-refractivity contribution in [2.45, 2.75) is 13.8 Å². The number of aryl methyl sites for hydroxylation is 1. The van der Waals surface area contributed by atoms with Crippen molar-refractivity contribution >= 4 is 23.6 Å². The zero-order valence-corrected chi connectivity index (χ0v) is 17.1. The maximum absolute atomic E-state index is 12.8. The van der Waals surface area contributed by atoms with Crippen molar-refractivity contribution in [2.75, 3.05) is 11.6 Å². The van der Waals surface area contributed by atoms with Crippen molar-refractivity contribution in [3.63, 3.8) is 0 Å². The SMILES string of the molecule is Cc1cc(/C=C2/C(=O)NN(c3ccccc3)C2=O)c(C)n1-c1ccc(OCC#N)cc1. The first-order valence-electron chi connectivity index (χ1n) is 9.71. The highest BCUT2D eigenvalue weighted by atomic mass is 16.5. The van der Waals surface area contributed by atoms with Crippen molar-refractivity contribution in [1.82, 2.24) is 9.99 Å². The summed E-state index contributed by atoms with van der Waals surface area (Å²) in [5, 5.41) is 9.89. The first kappa shape index (κ1) is 20.0. The van der Waals surface area contributed by atoms with E-state index in [1.54, 1.807) is 42.5 Å². The minimum Gasteiger partial charge on any atom is -0.479 e. The third-order valence-electron chi connectivity index (χ3n) is 5.07. The Morgan fingerprint density at radius 2 is 1.74 bits per heavy atom. The molecule has 7 nitrogen and oxygen atoms in total. The Hall–Kier alpha value is -4.31. The second-order valence-corrected chi connectivity index (χ2v) is 7.08. The molecule has 1 saturated heterocycles. The normalized spacial score (nSPS) is 14.6. The molecular weight excluding hydrogens is 392 g/mol. The molecule has 2 heterocycles. The predicted molar refractivity (Wildman–Crippen MR) is 116 cm³/mol. The third-order valence-corrected chi connectivity index (χ3v) is 5.07. The summed E-state index contributed by atoms with van der Waals surface area (Å²) in [7, 11) is 0. The van der Waals surface area contributed by atoms with E-state index in [-0.39, 0.29) is 18.1 Å². The molecule has 1 N–H and O–H groups in total. The number of carbonyl (C=O) groups is 2. The standard InChI is InChI=1S/C24H20N4O3/c1-16-14-18(17(2)27(16)19-8-10-21(11-9-19)31-13-12-25)15-22-23(29)26-28(24(22)30)20-6-4-3-5-7-20/h3-11,14-15H,13H2,1-2H3,(H,26,29)/b22-15-. The molecule has 0 bridgehead atoms. The highest BCUT2D eigenvalue weighted by Crippen LogP contribution is 2.26. The molecule has 0 aliphatic carbocycles. The van der Waals surface area contributed by atoms with Crippen molar-refractivity contribution < 1.29 is 14.3 Å². The summed E-state index contributed by atoms with van der Waals surface area (Å²) >= 11 is 0. The molecular formula is C24H20N4O3. The summed E-state index contributed by atoms with van der Waals surface area (Å²) in [6, 6.07) is 20.3. The van der Waals surface area contributed by atoms with Crippen LogP contribution in [0.3, 0.4) is 0 Å². The van der Waals surface area contributed by atoms with Gasteiger partial charge >= 0.3 is 0 Å².